The molecule has 1 aromatic heterocycles. The van der Waals surface area contributed by atoms with E-state index in [-0.39, 0.29) is 5.79 Å². The summed E-state index contributed by atoms with van der Waals surface area (Å²) < 4.78 is 11.4. The lowest BCUT2D eigenvalue weighted by atomic mass is 9.90. The maximum atomic E-state index is 5.71. The highest BCUT2D eigenvalue weighted by Gasteiger charge is 2.37. The van der Waals surface area contributed by atoms with Gasteiger partial charge in [0.15, 0.2) is 5.79 Å². The van der Waals surface area contributed by atoms with Crippen molar-refractivity contribution in [3.05, 3.63) is 35.7 Å². The number of ether oxygens (including phenoxy) is 2. The van der Waals surface area contributed by atoms with Crippen molar-refractivity contribution in [3.63, 3.8) is 0 Å². The average Bonchev–Trinajstić information content (AvgIpc) is 2.79. The summed E-state index contributed by atoms with van der Waals surface area (Å²) in [5.74, 6) is -0.314. The van der Waals surface area contributed by atoms with Crippen molar-refractivity contribution >= 4 is 5.57 Å². The number of rotatable bonds is 1. The maximum absolute atomic E-state index is 5.71. The van der Waals surface area contributed by atoms with Crippen LogP contribution in [0, 0.1) is 6.92 Å². The molecule has 3 nitrogen and oxygen atoms in total. The van der Waals surface area contributed by atoms with Crippen molar-refractivity contribution < 1.29 is 9.47 Å². The van der Waals surface area contributed by atoms with Gasteiger partial charge in [-0.2, -0.15) is 0 Å². The predicted octanol–water partition coefficient (Wildman–Crippen LogP) is 2.70. The van der Waals surface area contributed by atoms with Crippen molar-refractivity contribution in [2.75, 3.05) is 13.2 Å². The van der Waals surface area contributed by atoms with E-state index >= 15 is 0 Å². The summed E-state index contributed by atoms with van der Waals surface area (Å²) in [6.07, 6.45) is 6.97. The largest absolute Gasteiger partial charge is 0.347 e. The van der Waals surface area contributed by atoms with E-state index < -0.39 is 0 Å². The number of pyridine rings is 1. The molecule has 0 radical (unpaired) electrons. The summed E-state index contributed by atoms with van der Waals surface area (Å²) in [4.78, 5) is 4.23. The van der Waals surface area contributed by atoms with Crippen LogP contribution in [0.4, 0.5) is 0 Å². The Bertz CT molecular complexity index is 447. The first-order valence-electron chi connectivity index (χ1n) is 6.17. The second-order valence-electron chi connectivity index (χ2n) is 4.73. The van der Waals surface area contributed by atoms with E-state index in [1.54, 1.807) is 0 Å². The topological polar surface area (TPSA) is 31.4 Å². The summed E-state index contributed by atoms with van der Waals surface area (Å²) in [6, 6.07) is 4.22. The second kappa shape index (κ2) is 4.24. The van der Waals surface area contributed by atoms with Gasteiger partial charge in [-0.25, -0.2) is 0 Å². The van der Waals surface area contributed by atoms with Crippen LogP contribution in [-0.2, 0) is 9.47 Å². The Morgan fingerprint density at radius 2 is 2.12 bits per heavy atom. The molecule has 0 saturated carbocycles. The van der Waals surface area contributed by atoms with Crippen LogP contribution in [0.5, 0.6) is 0 Å². The van der Waals surface area contributed by atoms with Gasteiger partial charge in [-0.1, -0.05) is 6.08 Å². The van der Waals surface area contributed by atoms with Crippen LogP contribution < -0.4 is 0 Å². The molecule has 1 aromatic rings. The fourth-order valence-electron chi connectivity index (χ4n) is 2.57. The SMILES string of the molecule is Cc1cc(C2=CCC3(CC2)OCCO3)ccn1. The molecule has 1 fully saturated rings. The maximum Gasteiger partial charge on any atom is 0.172 e. The van der Waals surface area contributed by atoms with Crippen molar-refractivity contribution in [1.82, 2.24) is 4.98 Å². The Hall–Kier alpha value is -1.19. The van der Waals surface area contributed by atoms with Gasteiger partial charge >= 0.3 is 0 Å². The summed E-state index contributed by atoms with van der Waals surface area (Å²) in [6.45, 7) is 3.49. The molecule has 3 rings (SSSR count). The lowest BCUT2D eigenvalue weighted by molar-refractivity contribution is -0.159. The molecule has 0 amide bonds. The van der Waals surface area contributed by atoms with Crippen LogP contribution in [0.25, 0.3) is 5.57 Å². The number of hydrogen-bond acceptors (Lipinski definition) is 3. The molecule has 3 heteroatoms. The molecular formula is C14H17NO2. The van der Waals surface area contributed by atoms with E-state index in [1.165, 1.54) is 11.1 Å². The normalized spacial score (nSPS) is 22.8. The summed E-state index contributed by atoms with van der Waals surface area (Å²) in [5, 5.41) is 0. The van der Waals surface area contributed by atoms with Crippen LogP contribution in [0.15, 0.2) is 24.4 Å². The third kappa shape index (κ3) is 2.13. The van der Waals surface area contributed by atoms with Crippen LogP contribution in [0.2, 0.25) is 0 Å². The summed E-state index contributed by atoms with van der Waals surface area (Å²) >= 11 is 0. The molecule has 0 atom stereocenters. The van der Waals surface area contributed by atoms with Crippen LogP contribution in [-0.4, -0.2) is 24.0 Å². The predicted molar refractivity (Wildman–Crippen MR) is 65.4 cm³/mol. The first kappa shape index (κ1) is 10.9. The highest BCUT2D eigenvalue weighted by molar-refractivity contribution is 5.66. The van der Waals surface area contributed by atoms with Crippen molar-refractivity contribution in [3.8, 4) is 0 Å². The molecule has 90 valence electrons. The van der Waals surface area contributed by atoms with Gasteiger partial charge in [0.25, 0.3) is 0 Å². The minimum atomic E-state index is -0.314. The van der Waals surface area contributed by atoms with Gasteiger partial charge in [-0.15, -0.1) is 0 Å². The number of aromatic nitrogens is 1. The number of aryl methyl sites for hydroxylation is 1. The molecule has 0 aromatic carbocycles. The smallest absolute Gasteiger partial charge is 0.172 e. The lowest BCUT2D eigenvalue weighted by Crippen LogP contribution is -2.31. The van der Waals surface area contributed by atoms with Crippen molar-refractivity contribution in [1.29, 1.82) is 0 Å². The molecule has 1 aliphatic heterocycles. The number of allylic oxidation sites excluding steroid dienone is 1. The fourth-order valence-corrected chi connectivity index (χ4v) is 2.57. The first-order chi connectivity index (χ1) is 8.27. The van der Waals surface area contributed by atoms with Gasteiger partial charge in [0.05, 0.1) is 13.2 Å². The van der Waals surface area contributed by atoms with E-state index in [2.05, 4.69) is 23.2 Å². The number of nitrogens with zero attached hydrogens (tertiary/aromatic N) is 1. The molecule has 0 bridgehead atoms. The quantitative estimate of drug-likeness (QED) is 0.744. The van der Waals surface area contributed by atoms with Crippen LogP contribution >= 0.6 is 0 Å². The van der Waals surface area contributed by atoms with Crippen molar-refractivity contribution in [2.45, 2.75) is 32.0 Å². The monoisotopic (exact) mass is 231 g/mol. The zero-order valence-corrected chi connectivity index (χ0v) is 10.1. The molecular weight excluding hydrogens is 214 g/mol. The van der Waals surface area contributed by atoms with E-state index in [0.29, 0.717) is 0 Å². The molecule has 17 heavy (non-hydrogen) atoms. The fraction of sp³-hybridized carbons (Fsp3) is 0.500. The molecule has 1 spiro atoms. The zero-order chi connectivity index (χ0) is 11.7. The van der Waals surface area contributed by atoms with E-state index in [0.717, 1.165) is 38.2 Å². The molecule has 2 aliphatic rings. The Labute approximate surface area is 101 Å². The third-order valence-corrected chi connectivity index (χ3v) is 3.52. The molecule has 1 saturated heterocycles. The van der Waals surface area contributed by atoms with Gasteiger partial charge in [0.2, 0.25) is 0 Å². The average molecular weight is 231 g/mol. The van der Waals surface area contributed by atoms with Gasteiger partial charge in [-0.05, 0) is 36.6 Å². The van der Waals surface area contributed by atoms with E-state index in [9.17, 15) is 0 Å². The van der Waals surface area contributed by atoms with Crippen LogP contribution in [0.1, 0.15) is 30.5 Å². The highest BCUT2D eigenvalue weighted by Crippen LogP contribution is 2.38. The molecule has 1 aliphatic carbocycles. The Morgan fingerprint density at radius 1 is 1.29 bits per heavy atom. The second-order valence-corrected chi connectivity index (χ2v) is 4.73. The summed E-state index contributed by atoms with van der Waals surface area (Å²) in [5.41, 5.74) is 3.74. The van der Waals surface area contributed by atoms with Gasteiger partial charge < -0.3 is 9.47 Å². The van der Waals surface area contributed by atoms with Gasteiger partial charge in [0, 0.05) is 24.7 Å². The van der Waals surface area contributed by atoms with Gasteiger partial charge in [0.1, 0.15) is 0 Å². The minimum absolute atomic E-state index is 0.314. The lowest BCUT2D eigenvalue weighted by Gasteiger charge is -2.30. The van der Waals surface area contributed by atoms with Crippen LogP contribution in [0.3, 0.4) is 0 Å². The van der Waals surface area contributed by atoms with Gasteiger partial charge in [-0.3, -0.25) is 4.98 Å². The third-order valence-electron chi connectivity index (χ3n) is 3.52. The number of hydrogen-bond donors (Lipinski definition) is 0. The summed E-state index contributed by atoms with van der Waals surface area (Å²) in [7, 11) is 0. The Kier molecular flexibility index (Phi) is 2.73. The zero-order valence-electron chi connectivity index (χ0n) is 10.1. The minimum Gasteiger partial charge on any atom is -0.347 e. The molecule has 0 N–H and O–H groups in total. The van der Waals surface area contributed by atoms with E-state index in [4.69, 9.17) is 9.47 Å². The first-order valence-corrected chi connectivity index (χ1v) is 6.17. The Morgan fingerprint density at radius 3 is 2.76 bits per heavy atom. The Balaban J connectivity index is 1.80. The standard InChI is InChI=1S/C14H17NO2/c1-11-10-13(4-7-15-11)12-2-5-14(6-3-12)16-8-9-17-14/h2,4,7,10H,3,5-6,8-9H2,1H3. The highest BCUT2D eigenvalue weighted by atomic mass is 16.7. The molecule has 2 heterocycles. The molecule has 0 unspecified atom stereocenters. The van der Waals surface area contributed by atoms with Crippen molar-refractivity contribution in [2.24, 2.45) is 0 Å². The van der Waals surface area contributed by atoms with E-state index in [1.807, 2.05) is 13.1 Å².